The van der Waals surface area contributed by atoms with Crippen LogP contribution in [0.2, 0.25) is 0 Å². The number of nitrogens with zero attached hydrogens (tertiary/aromatic N) is 1. The SMILES string of the molecule is Cc1cc([C@@H](C)NC(=O)N(C)[C@@H](C)C2CC2)c(C)s1. The standard InChI is InChI=1S/C15H24N2OS/c1-9-8-14(12(4)19-9)10(2)16-15(18)17(5)11(3)13-6-7-13/h8,10-11,13H,6-7H2,1-5H3,(H,16,18)/t10-,11+/m1/s1. The Hall–Kier alpha value is -1.03. The van der Waals surface area contributed by atoms with Crippen molar-refractivity contribution in [2.24, 2.45) is 5.92 Å². The molecule has 1 heterocycles. The van der Waals surface area contributed by atoms with E-state index in [4.69, 9.17) is 0 Å². The number of aryl methyl sites for hydroxylation is 2. The topological polar surface area (TPSA) is 32.3 Å². The monoisotopic (exact) mass is 280 g/mol. The van der Waals surface area contributed by atoms with Crippen LogP contribution in [0.15, 0.2) is 6.07 Å². The third-order valence-corrected chi connectivity index (χ3v) is 5.10. The third kappa shape index (κ3) is 3.30. The Labute approximate surface area is 120 Å². The molecule has 2 atom stereocenters. The molecule has 0 radical (unpaired) electrons. The Kier molecular flexibility index (Phi) is 4.19. The smallest absolute Gasteiger partial charge is 0.317 e. The van der Waals surface area contributed by atoms with Crippen LogP contribution in [0.4, 0.5) is 4.79 Å². The van der Waals surface area contributed by atoms with Crippen molar-refractivity contribution in [3.05, 3.63) is 21.4 Å². The number of urea groups is 1. The summed E-state index contributed by atoms with van der Waals surface area (Å²) in [4.78, 5) is 16.7. The number of carbonyl (C=O) groups is 1. The Morgan fingerprint density at radius 1 is 1.42 bits per heavy atom. The van der Waals surface area contributed by atoms with Crippen LogP contribution in [0, 0.1) is 19.8 Å². The van der Waals surface area contributed by atoms with Gasteiger partial charge in [-0.15, -0.1) is 11.3 Å². The van der Waals surface area contributed by atoms with Gasteiger partial charge in [0.1, 0.15) is 0 Å². The first-order valence-corrected chi connectivity index (χ1v) is 7.82. The zero-order valence-corrected chi connectivity index (χ0v) is 13.3. The Balaban J connectivity index is 1.96. The van der Waals surface area contributed by atoms with Gasteiger partial charge in [0.15, 0.2) is 0 Å². The number of hydrogen-bond donors (Lipinski definition) is 1. The van der Waals surface area contributed by atoms with E-state index in [9.17, 15) is 4.79 Å². The summed E-state index contributed by atoms with van der Waals surface area (Å²) in [6.45, 7) is 8.42. The zero-order valence-electron chi connectivity index (χ0n) is 12.5. The van der Waals surface area contributed by atoms with Gasteiger partial charge in [0.25, 0.3) is 0 Å². The van der Waals surface area contributed by atoms with Crippen LogP contribution < -0.4 is 5.32 Å². The molecule has 0 spiro atoms. The van der Waals surface area contributed by atoms with E-state index in [0.717, 1.165) is 0 Å². The molecule has 1 saturated carbocycles. The molecule has 19 heavy (non-hydrogen) atoms. The van der Waals surface area contributed by atoms with Gasteiger partial charge >= 0.3 is 6.03 Å². The normalized spacial score (nSPS) is 17.9. The molecule has 0 aliphatic heterocycles. The molecular weight excluding hydrogens is 256 g/mol. The van der Waals surface area contributed by atoms with Crippen LogP contribution in [0.1, 0.15) is 48.0 Å². The first-order chi connectivity index (χ1) is 8.90. The number of hydrogen-bond acceptors (Lipinski definition) is 2. The minimum Gasteiger partial charge on any atom is -0.331 e. The van der Waals surface area contributed by atoms with E-state index in [-0.39, 0.29) is 12.1 Å². The molecule has 0 unspecified atom stereocenters. The maximum Gasteiger partial charge on any atom is 0.317 e. The summed E-state index contributed by atoms with van der Waals surface area (Å²) >= 11 is 1.79. The van der Waals surface area contributed by atoms with Crippen LogP contribution in [-0.2, 0) is 0 Å². The average Bonchev–Trinajstić information content (AvgIpc) is 3.13. The molecule has 0 saturated heterocycles. The van der Waals surface area contributed by atoms with E-state index < -0.39 is 0 Å². The first-order valence-electron chi connectivity index (χ1n) is 7.00. The van der Waals surface area contributed by atoms with Crippen LogP contribution in [0.25, 0.3) is 0 Å². The second-order valence-corrected chi connectivity index (χ2v) is 7.19. The molecule has 106 valence electrons. The van der Waals surface area contributed by atoms with Crippen LogP contribution in [0.5, 0.6) is 0 Å². The molecule has 1 fully saturated rings. The predicted octanol–water partition coefficient (Wildman–Crippen LogP) is 3.87. The lowest BCUT2D eigenvalue weighted by Gasteiger charge is -2.27. The highest BCUT2D eigenvalue weighted by atomic mass is 32.1. The highest BCUT2D eigenvalue weighted by molar-refractivity contribution is 7.12. The second kappa shape index (κ2) is 5.53. The van der Waals surface area contributed by atoms with Crippen molar-refractivity contribution in [2.75, 3.05) is 7.05 Å². The molecule has 1 aliphatic rings. The number of carbonyl (C=O) groups excluding carboxylic acids is 1. The number of nitrogens with one attached hydrogen (secondary N) is 1. The maximum absolute atomic E-state index is 12.2. The summed E-state index contributed by atoms with van der Waals surface area (Å²) < 4.78 is 0. The Bertz CT molecular complexity index is 465. The van der Waals surface area contributed by atoms with E-state index in [2.05, 4.69) is 39.1 Å². The van der Waals surface area contributed by atoms with Gasteiger partial charge in [0, 0.05) is 22.8 Å². The van der Waals surface area contributed by atoms with Gasteiger partial charge in [-0.2, -0.15) is 0 Å². The van der Waals surface area contributed by atoms with Gasteiger partial charge in [-0.1, -0.05) is 0 Å². The van der Waals surface area contributed by atoms with Gasteiger partial charge < -0.3 is 10.2 Å². The van der Waals surface area contributed by atoms with Crippen molar-refractivity contribution >= 4 is 17.4 Å². The Morgan fingerprint density at radius 2 is 2.05 bits per heavy atom. The van der Waals surface area contributed by atoms with Gasteiger partial charge in [0.2, 0.25) is 0 Å². The van der Waals surface area contributed by atoms with Gasteiger partial charge in [-0.25, -0.2) is 4.79 Å². The van der Waals surface area contributed by atoms with E-state index >= 15 is 0 Å². The minimum absolute atomic E-state index is 0.0372. The summed E-state index contributed by atoms with van der Waals surface area (Å²) in [6, 6.07) is 2.63. The van der Waals surface area contributed by atoms with Crippen LogP contribution in [-0.4, -0.2) is 24.0 Å². The van der Waals surface area contributed by atoms with Gasteiger partial charge in [-0.3, -0.25) is 0 Å². The van der Waals surface area contributed by atoms with Crippen molar-refractivity contribution in [2.45, 2.75) is 52.6 Å². The third-order valence-electron chi connectivity index (χ3n) is 4.12. The fourth-order valence-corrected chi connectivity index (χ4v) is 3.55. The van der Waals surface area contributed by atoms with Gasteiger partial charge in [-0.05, 0) is 58.1 Å². The van der Waals surface area contributed by atoms with Crippen LogP contribution >= 0.6 is 11.3 Å². The summed E-state index contributed by atoms with van der Waals surface area (Å²) in [7, 11) is 1.90. The molecule has 1 aromatic rings. The second-order valence-electron chi connectivity index (χ2n) is 5.73. The van der Waals surface area contributed by atoms with Crippen molar-refractivity contribution in [1.29, 1.82) is 0 Å². The number of thiophene rings is 1. The largest absolute Gasteiger partial charge is 0.331 e. The highest BCUT2D eigenvalue weighted by Gasteiger charge is 2.32. The Morgan fingerprint density at radius 3 is 2.53 bits per heavy atom. The molecule has 4 heteroatoms. The fraction of sp³-hybridized carbons (Fsp3) is 0.667. The van der Waals surface area contributed by atoms with Crippen molar-refractivity contribution in [1.82, 2.24) is 10.2 Å². The minimum atomic E-state index is 0.0372. The van der Waals surface area contributed by atoms with E-state index in [1.165, 1.54) is 28.2 Å². The zero-order chi connectivity index (χ0) is 14.2. The average molecular weight is 280 g/mol. The first kappa shape index (κ1) is 14.4. The lowest BCUT2D eigenvalue weighted by atomic mass is 10.1. The summed E-state index contributed by atoms with van der Waals surface area (Å²) in [5, 5.41) is 3.11. The number of amides is 2. The van der Waals surface area contributed by atoms with E-state index in [1.54, 1.807) is 11.3 Å². The van der Waals surface area contributed by atoms with Crippen molar-refractivity contribution < 1.29 is 4.79 Å². The van der Waals surface area contributed by atoms with Gasteiger partial charge in [0.05, 0.1) is 6.04 Å². The lowest BCUT2D eigenvalue weighted by Crippen LogP contribution is -2.44. The van der Waals surface area contributed by atoms with E-state index in [0.29, 0.717) is 12.0 Å². The van der Waals surface area contributed by atoms with E-state index in [1.807, 2.05) is 11.9 Å². The highest BCUT2D eigenvalue weighted by Crippen LogP contribution is 2.34. The van der Waals surface area contributed by atoms with Crippen molar-refractivity contribution in [3.63, 3.8) is 0 Å². The molecule has 0 bridgehead atoms. The van der Waals surface area contributed by atoms with Crippen molar-refractivity contribution in [3.8, 4) is 0 Å². The summed E-state index contributed by atoms with van der Waals surface area (Å²) in [5.41, 5.74) is 1.24. The fourth-order valence-electron chi connectivity index (χ4n) is 2.52. The maximum atomic E-state index is 12.2. The molecule has 0 aromatic carbocycles. The summed E-state index contributed by atoms with van der Waals surface area (Å²) in [5.74, 6) is 0.705. The molecule has 2 amide bonds. The lowest BCUT2D eigenvalue weighted by molar-refractivity contribution is 0.185. The molecule has 1 aliphatic carbocycles. The summed E-state index contributed by atoms with van der Waals surface area (Å²) in [6.07, 6.45) is 2.52. The molecule has 2 rings (SSSR count). The molecule has 3 nitrogen and oxygen atoms in total. The molecule has 1 N–H and O–H groups in total. The quantitative estimate of drug-likeness (QED) is 0.892. The predicted molar refractivity (Wildman–Crippen MR) is 80.7 cm³/mol. The van der Waals surface area contributed by atoms with Crippen LogP contribution in [0.3, 0.4) is 0 Å². The molecule has 1 aromatic heterocycles. The number of rotatable bonds is 4. The molecular formula is C15H24N2OS.